The Hall–Kier alpha value is -4.66. The second-order valence-corrected chi connectivity index (χ2v) is 12.5. The van der Waals surface area contributed by atoms with E-state index in [4.69, 9.17) is 9.47 Å². The molecule has 5 aromatic rings. The van der Waals surface area contributed by atoms with Gasteiger partial charge in [-0.15, -0.1) is 0 Å². The number of aryl methyl sites for hydroxylation is 2. The standard InChI is InChI=1S/C39H45N5O3/c1-27-28(2)44(17-7-16-43-20-18-42(3)19-21-43)35-11-10-30(24-34(27)35)22-29-8-6-9-32(23-29)39(45)41-33-25-36(46-4)38(37(26-33)47-5)31-12-14-40-15-13-31/h6,8-15,23-26H,7,16-22H2,1-5H3,(H,41,45). The Kier molecular flexibility index (Phi) is 9.90. The van der Waals surface area contributed by atoms with E-state index in [1.807, 2.05) is 42.5 Å². The molecule has 0 unspecified atom stereocenters. The van der Waals surface area contributed by atoms with Gasteiger partial charge in [0.05, 0.1) is 19.8 Å². The maximum atomic E-state index is 13.4. The number of aromatic nitrogens is 2. The molecule has 0 aliphatic carbocycles. The van der Waals surface area contributed by atoms with Crippen molar-refractivity contribution in [3.63, 3.8) is 0 Å². The summed E-state index contributed by atoms with van der Waals surface area (Å²) in [5.41, 5.74) is 9.22. The van der Waals surface area contributed by atoms with Crippen LogP contribution in [0.3, 0.4) is 0 Å². The van der Waals surface area contributed by atoms with Gasteiger partial charge >= 0.3 is 0 Å². The largest absolute Gasteiger partial charge is 0.496 e. The number of methoxy groups -OCH3 is 2. The molecular weight excluding hydrogens is 586 g/mol. The van der Waals surface area contributed by atoms with Crippen LogP contribution < -0.4 is 14.8 Å². The van der Waals surface area contributed by atoms with Gasteiger partial charge < -0.3 is 29.2 Å². The second-order valence-electron chi connectivity index (χ2n) is 12.5. The predicted molar refractivity (Wildman–Crippen MR) is 190 cm³/mol. The lowest BCUT2D eigenvalue weighted by atomic mass is 10.0. The molecule has 1 saturated heterocycles. The first kappa shape index (κ1) is 32.3. The van der Waals surface area contributed by atoms with Gasteiger partial charge in [0.1, 0.15) is 11.5 Å². The predicted octanol–water partition coefficient (Wildman–Crippen LogP) is 6.82. The Morgan fingerprint density at radius 1 is 0.851 bits per heavy atom. The number of fused-ring (bicyclic) bond motifs is 1. The van der Waals surface area contributed by atoms with Crippen LogP contribution in [0.15, 0.2) is 79.1 Å². The molecule has 0 atom stereocenters. The highest BCUT2D eigenvalue weighted by molar-refractivity contribution is 6.05. The van der Waals surface area contributed by atoms with Crippen molar-refractivity contribution in [2.45, 2.75) is 33.2 Å². The van der Waals surface area contributed by atoms with Crippen LogP contribution >= 0.6 is 0 Å². The average Bonchev–Trinajstić information content (AvgIpc) is 3.33. The fourth-order valence-corrected chi connectivity index (χ4v) is 6.67. The number of anilines is 1. The fraction of sp³-hybridized carbons (Fsp3) is 0.333. The molecule has 8 nitrogen and oxygen atoms in total. The van der Waals surface area contributed by atoms with Crippen LogP contribution in [0.2, 0.25) is 0 Å². The van der Waals surface area contributed by atoms with E-state index in [2.05, 4.69) is 69.8 Å². The first-order chi connectivity index (χ1) is 22.8. The zero-order valence-electron chi connectivity index (χ0n) is 28.2. The molecule has 1 aliphatic heterocycles. The van der Waals surface area contributed by atoms with Gasteiger partial charge in [0.2, 0.25) is 0 Å². The van der Waals surface area contributed by atoms with Crippen molar-refractivity contribution in [3.8, 4) is 22.6 Å². The lowest BCUT2D eigenvalue weighted by molar-refractivity contribution is 0.102. The van der Waals surface area contributed by atoms with Crippen molar-refractivity contribution in [2.75, 3.05) is 59.3 Å². The molecule has 3 aromatic carbocycles. The number of amides is 1. The summed E-state index contributed by atoms with van der Waals surface area (Å²) in [7, 11) is 5.43. The molecule has 0 spiro atoms. The normalized spacial score (nSPS) is 14.0. The summed E-state index contributed by atoms with van der Waals surface area (Å²) in [6.07, 6.45) is 5.35. The Balaban J connectivity index is 1.15. The lowest BCUT2D eigenvalue weighted by Gasteiger charge is -2.32. The van der Waals surface area contributed by atoms with Gasteiger partial charge in [-0.1, -0.05) is 18.2 Å². The van der Waals surface area contributed by atoms with Crippen molar-refractivity contribution in [2.24, 2.45) is 0 Å². The summed E-state index contributed by atoms with van der Waals surface area (Å²) in [6.45, 7) is 11.3. The molecule has 0 saturated carbocycles. The van der Waals surface area contributed by atoms with E-state index in [-0.39, 0.29) is 5.91 Å². The first-order valence-electron chi connectivity index (χ1n) is 16.4. The number of nitrogens with zero attached hydrogens (tertiary/aromatic N) is 4. The van der Waals surface area contributed by atoms with Gasteiger partial charge in [0.25, 0.3) is 5.91 Å². The Labute approximate surface area is 277 Å². The third kappa shape index (κ3) is 7.19. The van der Waals surface area contributed by atoms with E-state index in [1.165, 1.54) is 27.7 Å². The van der Waals surface area contributed by atoms with Crippen molar-refractivity contribution >= 4 is 22.5 Å². The van der Waals surface area contributed by atoms with Crippen molar-refractivity contribution < 1.29 is 14.3 Å². The molecule has 6 rings (SSSR count). The molecule has 0 bridgehead atoms. The van der Waals surface area contributed by atoms with E-state index < -0.39 is 0 Å². The summed E-state index contributed by atoms with van der Waals surface area (Å²) in [5.74, 6) is 1.01. The highest BCUT2D eigenvalue weighted by Crippen LogP contribution is 2.41. The van der Waals surface area contributed by atoms with Gasteiger partial charge in [-0.3, -0.25) is 9.78 Å². The summed E-state index contributed by atoms with van der Waals surface area (Å²) < 4.78 is 13.9. The molecule has 3 heterocycles. The Morgan fingerprint density at radius 3 is 2.26 bits per heavy atom. The van der Waals surface area contributed by atoms with E-state index >= 15 is 0 Å². The zero-order chi connectivity index (χ0) is 32.9. The van der Waals surface area contributed by atoms with Gasteiger partial charge in [-0.25, -0.2) is 0 Å². The molecular formula is C39H45N5O3. The van der Waals surface area contributed by atoms with E-state index in [0.29, 0.717) is 22.7 Å². The molecule has 1 fully saturated rings. The number of ether oxygens (including phenoxy) is 2. The number of carbonyl (C=O) groups is 1. The number of hydrogen-bond acceptors (Lipinski definition) is 6. The average molecular weight is 632 g/mol. The topological polar surface area (TPSA) is 71.9 Å². The third-order valence-electron chi connectivity index (χ3n) is 9.49. The van der Waals surface area contributed by atoms with Crippen LogP contribution in [0.25, 0.3) is 22.0 Å². The SMILES string of the molecule is COc1cc(NC(=O)c2cccc(Cc3ccc4c(c3)c(C)c(C)n4CCCN3CCN(C)CC3)c2)cc(OC)c1-c1ccncc1. The van der Waals surface area contributed by atoms with Crippen LogP contribution in [0.5, 0.6) is 11.5 Å². The van der Waals surface area contributed by atoms with Crippen LogP contribution in [-0.2, 0) is 13.0 Å². The minimum absolute atomic E-state index is 0.191. The minimum atomic E-state index is -0.191. The van der Waals surface area contributed by atoms with Crippen LogP contribution in [-0.4, -0.2) is 79.2 Å². The second kappa shape index (κ2) is 14.4. The maximum absolute atomic E-state index is 13.4. The van der Waals surface area contributed by atoms with Gasteiger partial charge in [-0.2, -0.15) is 0 Å². The van der Waals surface area contributed by atoms with Crippen LogP contribution in [0, 0.1) is 13.8 Å². The minimum Gasteiger partial charge on any atom is -0.496 e. The van der Waals surface area contributed by atoms with E-state index in [0.717, 1.165) is 68.8 Å². The van der Waals surface area contributed by atoms with Gasteiger partial charge in [0, 0.05) is 85.1 Å². The Morgan fingerprint density at radius 2 is 1.55 bits per heavy atom. The smallest absolute Gasteiger partial charge is 0.255 e. The molecule has 1 N–H and O–H groups in total. The van der Waals surface area contributed by atoms with E-state index in [9.17, 15) is 4.79 Å². The Bertz CT molecular complexity index is 1830. The molecule has 47 heavy (non-hydrogen) atoms. The van der Waals surface area contributed by atoms with Gasteiger partial charge in [-0.05, 0) is 98.9 Å². The lowest BCUT2D eigenvalue weighted by Crippen LogP contribution is -2.44. The highest BCUT2D eigenvalue weighted by atomic mass is 16.5. The molecule has 8 heteroatoms. The number of hydrogen-bond donors (Lipinski definition) is 1. The summed E-state index contributed by atoms with van der Waals surface area (Å²) in [5, 5.41) is 4.35. The number of piperazine rings is 1. The summed E-state index contributed by atoms with van der Waals surface area (Å²) in [6, 6.07) is 22.1. The first-order valence-corrected chi connectivity index (χ1v) is 16.4. The molecule has 1 amide bonds. The van der Waals surface area contributed by atoms with Gasteiger partial charge in [0.15, 0.2) is 0 Å². The van der Waals surface area contributed by atoms with Crippen LogP contribution in [0.1, 0.15) is 39.2 Å². The zero-order valence-corrected chi connectivity index (χ0v) is 28.2. The number of rotatable bonds is 11. The van der Waals surface area contributed by atoms with Crippen molar-refractivity contribution in [1.29, 1.82) is 0 Å². The number of carbonyl (C=O) groups excluding carboxylic acids is 1. The van der Waals surface area contributed by atoms with E-state index in [1.54, 1.807) is 26.6 Å². The van der Waals surface area contributed by atoms with Crippen molar-refractivity contribution in [1.82, 2.24) is 19.4 Å². The number of pyridine rings is 1. The fourth-order valence-electron chi connectivity index (χ4n) is 6.67. The molecule has 2 aromatic heterocycles. The number of likely N-dealkylation sites (N-methyl/N-ethyl adjacent to an activating group) is 1. The maximum Gasteiger partial charge on any atom is 0.255 e. The highest BCUT2D eigenvalue weighted by Gasteiger charge is 2.18. The monoisotopic (exact) mass is 631 g/mol. The summed E-state index contributed by atoms with van der Waals surface area (Å²) >= 11 is 0. The number of nitrogens with one attached hydrogen (secondary N) is 1. The van der Waals surface area contributed by atoms with Crippen LogP contribution in [0.4, 0.5) is 5.69 Å². The summed E-state index contributed by atoms with van der Waals surface area (Å²) in [4.78, 5) is 22.5. The molecule has 1 aliphatic rings. The quantitative estimate of drug-likeness (QED) is 0.173. The van der Waals surface area contributed by atoms with Crippen molar-refractivity contribution in [3.05, 3.63) is 107 Å². The third-order valence-corrected chi connectivity index (χ3v) is 9.49. The molecule has 244 valence electrons. The molecule has 0 radical (unpaired) electrons. The number of benzene rings is 3.